The monoisotopic (exact) mass is 312 g/mol. The minimum Gasteiger partial charge on any atom is -0.345 e. The Labute approximate surface area is 129 Å². The molecule has 108 valence electrons. The number of thiophene rings is 1. The summed E-state index contributed by atoms with van der Waals surface area (Å²) in [5, 5.41) is 3.64. The number of nitrogens with zero attached hydrogens (tertiary/aromatic N) is 1. The lowest BCUT2D eigenvalue weighted by Crippen LogP contribution is -1.93. The number of aromatic amines is 1. The maximum Gasteiger partial charge on any atom is 0.167 e. The van der Waals surface area contributed by atoms with E-state index in [0.717, 1.165) is 11.0 Å². The largest absolute Gasteiger partial charge is 0.345 e. The van der Waals surface area contributed by atoms with E-state index in [1.807, 2.05) is 5.38 Å². The SMILES string of the molecule is Fc1c(-c2ccsc2)ccc(-c2ccc3nc[nH]c3c2)c1F. The number of fused-ring (bicyclic) bond motifs is 1. The number of imidazole rings is 1. The average molecular weight is 312 g/mol. The van der Waals surface area contributed by atoms with Gasteiger partial charge in [-0.1, -0.05) is 18.2 Å². The Morgan fingerprint density at radius 2 is 1.68 bits per heavy atom. The topological polar surface area (TPSA) is 28.7 Å². The van der Waals surface area contributed by atoms with Crippen molar-refractivity contribution in [1.29, 1.82) is 0 Å². The molecule has 0 aliphatic heterocycles. The molecule has 0 amide bonds. The summed E-state index contributed by atoms with van der Waals surface area (Å²) in [4.78, 5) is 7.09. The van der Waals surface area contributed by atoms with Gasteiger partial charge in [-0.25, -0.2) is 13.8 Å². The first-order valence-corrected chi connectivity index (χ1v) is 7.62. The van der Waals surface area contributed by atoms with Crippen molar-refractivity contribution < 1.29 is 8.78 Å². The van der Waals surface area contributed by atoms with Crippen LogP contribution in [0.1, 0.15) is 0 Å². The first kappa shape index (κ1) is 13.2. The van der Waals surface area contributed by atoms with Crippen molar-refractivity contribution in [3.63, 3.8) is 0 Å². The smallest absolute Gasteiger partial charge is 0.167 e. The van der Waals surface area contributed by atoms with Gasteiger partial charge in [-0.3, -0.25) is 0 Å². The molecule has 0 spiro atoms. The molecule has 0 fully saturated rings. The van der Waals surface area contributed by atoms with Gasteiger partial charge >= 0.3 is 0 Å². The summed E-state index contributed by atoms with van der Waals surface area (Å²) < 4.78 is 28.8. The van der Waals surface area contributed by atoms with Gasteiger partial charge in [0.05, 0.1) is 17.4 Å². The van der Waals surface area contributed by atoms with Crippen LogP contribution in [-0.2, 0) is 0 Å². The van der Waals surface area contributed by atoms with Crippen LogP contribution in [0.3, 0.4) is 0 Å². The van der Waals surface area contributed by atoms with Gasteiger partial charge in [-0.05, 0) is 40.1 Å². The fourth-order valence-corrected chi connectivity index (χ4v) is 3.17. The van der Waals surface area contributed by atoms with Gasteiger partial charge in [-0.15, -0.1) is 0 Å². The molecular weight excluding hydrogens is 302 g/mol. The highest BCUT2D eigenvalue weighted by atomic mass is 32.1. The van der Waals surface area contributed by atoms with Gasteiger partial charge in [0.25, 0.3) is 0 Å². The van der Waals surface area contributed by atoms with E-state index in [-0.39, 0.29) is 11.1 Å². The summed E-state index contributed by atoms with van der Waals surface area (Å²) in [5.74, 6) is -1.65. The van der Waals surface area contributed by atoms with Crippen LogP contribution in [0.2, 0.25) is 0 Å². The van der Waals surface area contributed by atoms with Crippen molar-refractivity contribution in [1.82, 2.24) is 9.97 Å². The molecule has 0 bridgehead atoms. The molecule has 0 saturated heterocycles. The minimum atomic E-state index is -0.831. The van der Waals surface area contributed by atoms with Crippen LogP contribution in [0.4, 0.5) is 8.78 Å². The van der Waals surface area contributed by atoms with Gasteiger partial charge in [0, 0.05) is 11.1 Å². The third kappa shape index (κ3) is 2.02. The van der Waals surface area contributed by atoms with E-state index in [1.54, 1.807) is 48.1 Å². The van der Waals surface area contributed by atoms with Crippen LogP contribution in [0, 0.1) is 11.6 Å². The van der Waals surface area contributed by atoms with E-state index in [2.05, 4.69) is 9.97 Å². The van der Waals surface area contributed by atoms with Gasteiger partial charge in [0.2, 0.25) is 0 Å². The molecule has 0 unspecified atom stereocenters. The van der Waals surface area contributed by atoms with Gasteiger partial charge in [-0.2, -0.15) is 11.3 Å². The zero-order chi connectivity index (χ0) is 15.1. The van der Waals surface area contributed by atoms with Crippen molar-refractivity contribution in [2.75, 3.05) is 0 Å². The maximum absolute atomic E-state index is 14.5. The second kappa shape index (κ2) is 5.03. The third-order valence-electron chi connectivity index (χ3n) is 3.65. The van der Waals surface area contributed by atoms with Crippen molar-refractivity contribution in [3.8, 4) is 22.3 Å². The lowest BCUT2D eigenvalue weighted by molar-refractivity contribution is 0.514. The Balaban J connectivity index is 1.87. The summed E-state index contributed by atoms with van der Waals surface area (Å²) in [7, 11) is 0. The van der Waals surface area contributed by atoms with E-state index in [1.165, 1.54) is 11.3 Å². The van der Waals surface area contributed by atoms with Crippen LogP contribution in [0.5, 0.6) is 0 Å². The lowest BCUT2D eigenvalue weighted by atomic mass is 10.00. The molecule has 5 heteroatoms. The highest BCUT2D eigenvalue weighted by molar-refractivity contribution is 7.08. The number of rotatable bonds is 2. The molecule has 2 heterocycles. The molecule has 4 aromatic rings. The van der Waals surface area contributed by atoms with Crippen LogP contribution in [0.25, 0.3) is 33.3 Å². The van der Waals surface area contributed by atoms with Crippen molar-refractivity contribution in [2.45, 2.75) is 0 Å². The molecular formula is C17H10F2N2S. The Morgan fingerprint density at radius 3 is 2.41 bits per heavy atom. The first-order chi connectivity index (χ1) is 10.7. The Bertz CT molecular complexity index is 958. The predicted octanol–water partition coefficient (Wildman–Crippen LogP) is 5.24. The minimum absolute atomic E-state index is 0.243. The Hall–Kier alpha value is -2.53. The molecule has 0 atom stereocenters. The zero-order valence-electron chi connectivity index (χ0n) is 11.3. The molecule has 22 heavy (non-hydrogen) atoms. The normalized spacial score (nSPS) is 11.2. The number of aromatic nitrogens is 2. The fraction of sp³-hybridized carbons (Fsp3) is 0. The fourth-order valence-electron chi connectivity index (χ4n) is 2.52. The number of hydrogen-bond donors (Lipinski definition) is 1. The second-order valence-corrected chi connectivity index (χ2v) is 5.72. The summed E-state index contributed by atoms with van der Waals surface area (Å²) >= 11 is 1.45. The number of nitrogens with one attached hydrogen (secondary N) is 1. The molecule has 2 aromatic heterocycles. The van der Waals surface area contributed by atoms with E-state index < -0.39 is 11.6 Å². The summed E-state index contributed by atoms with van der Waals surface area (Å²) in [6.45, 7) is 0. The lowest BCUT2D eigenvalue weighted by Gasteiger charge is -2.08. The van der Waals surface area contributed by atoms with Crippen molar-refractivity contribution in [3.05, 3.63) is 65.1 Å². The molecule has 0 aliphatic carbocycles. The third-order valence-corrected chi connectivity index (χ3v) is 4.33. The maximum atomic E-state index is 14.5. The van der Waals surface area contributed by atoms with Gasteiger partial charge in [0.1, 0.15) is 0 Å². The number of H-pyrrole nitrogens is 1. The highest BCUT2D eigenvalue weighted by Gasteiger charge is 2.16. The summed E-state index contributed by atoms with van der Waals surface area (Å²) in [6.07, 6.45) is 1.57. The molecule has 0 saturated carbocycles. The van der Waals surface area contributed by atoms with E-state index in [4.69, 9.17) is 0 Å². The van der Waals surface area contributed by atoms with Gasteiger partial charge in [0.15, 0.2) is 11.6 Å². The average Bonchev–Trinajstić information content (AvgIpc) is 3.20. The number of benzene rings is 2. The van der Waals surface area contributed by atoms with Crippen molar-refractivity contribution in [2.24, 2.45) is 0 Å². The standard InChI is InChI=1S/C17H10F2N2S/c18-16-12(10-1-4-14-15(7-10)21-9-20-14)2-3-13(17(16)19)11-5-6-22-8-11/h1-9H,(H,20,21). The molecule has 0 radical (unpaired) electrons. The number of hydrogen-bond acceptors (Lipinski definition) is 2. The molecule has 1 N–H and O–H groups in total. The first-order valence-electron chi connectivity index (χ1n) is 6.68. The van der Waals surface area contributed by atoms with E-state index in [9.17, 15) is 8.78 Å². The van der Waals surface area contributed by atoms with Crippen LogP contribution in [-0.4, -0.2) is 9.97 Å². The van der Waals surface area contributed by atoms with Gasteiger partial charge < -0.3 is 4.98 Å². The predicted molar refractivity (Wildman–Crippen MR) is 84.8 cm³/mol. The quantitative estimate of drug-likeness (QED) is 0.539. The zero-order valence-corrected chi connectivity index (χ0v) is 12.1. The second-order valence-electron chi connectivity index (χ2n) is 4.94. The summed E-state index contributed by atoms with van der Waals surface area (Å²) in [6, 6.07) is 10.3. The Kier molecular flexibility index (Phi) is 3.01. The molecule has 2 nitrogen and oxygen atoms in total. The Morgan fingerprint density at radius 1 is 0.909 bits per heavy atom. The highest BCUT2D eigenvalue weighted by Crippen LogP contribution is 2.33. The van der Waals surface area contributed by atoms with E-state index >= 15 is 0 Å². The number of halogens is 2. The molecule has 0 aliphatic rings. The van der Waals surface area contributed by atoms with Crippen LogP contribution in [0.15, 0.2) is 53.5 Å². The van der Waals surface area contributed by atoms with E-state index in [0.29, 0.717) is 11.1 Å². The van der Waals surface area contributed by atoms with Crippen LogP contribution < -0.4 is 0 Å². The van der Waals surface area contributed by atoms with Crippen LogP contribution >= 0.6 is 11.3 Å². The molecule has 4 rings (SSSR count). The molecule has 2 aromatic carbocycles. The summed E-state index contributed by atoms with van der Waals surface area (Å²) in [5.41, 5.74) is 3.42. The van der Waals surface area contributed by atoms with Crippen molar-refractivity contribution >= 4 is 22.4 Å².